The fourth-order valence-electron chi connectivity index (χ4n) is 5.35. The number of hydrogen-bond donors (Lipinski definition) is 7. The third-order valence-corrected chi connectivity index (χ3v) is 7.64. The Hall–Kier alpha value is -5.73. The number of nitrogens with zero attached hydrogens (tertiary/aromatic N) is 2. The van der Waals surface area contributed by atoms with Gasteiger partial charge in [0, 0.05) is 44.6 Å². The van der Waals surface area contributed by atoms with Crippen LogP contribution in [0.2, 0.25) is 0 Å². The first kappa shape index (κ1) is 38.7. The number of nitriles is 1. The number of fused-ring (bicyclic) bond motifs is 5. The highest BCUT2D eigenvalue weighted by molar-refractivity contribution is 5.97. The third-order valence-electron chi connectivity index (χ3n) is 7.64. The molecule has 4 atom stereocenters. The van der Waals surface area contributed by atoms with Crippen molar-refractivity contribution in [3.8, 4) is 28.7 Å². The Kier molecular flexibility index (Phi) is 14.1. The minimum absolute atomic E-state index is 0.00319. The Morgan fingerprint density at radius 2 is 1.62 bits per heavy atom. The van der Waals surface area contributed by atoms with Crippen LogP contribution in [-0.4, -0.2) is 98.4 Å². The first-order valence-electron chi connectivity index (χ1n) is 15.8. The van der Waals surface area contributed by atoms with Crippen molar-refractivity contribution >= 4 is 35.4 Å². The maximum Gasteiger partial charge on any atom is 0.248 e. The molecule has 0 unspecified atom stereocenters. The summed E-state index contributed by atoms with van der Waals surface area (Å²) in [4.78, 5) is 79.2. The van der Waals surface area contributed by atoms with Gasteiger partial charge in [-0.2, -0.15) is 5.26 Å². The standard InChI is InChI=1S/C33H43N9O8/c1-18-30(45)41-24(31(46)38-11-8-34)15-20-4-6-26(49-12-9-35)22(14-20)23-16-21(5-7-27(23)50-13-10-36)29(32(47)39-18)42(3)33(48)25(17-28(37)44)40-19(2)43/h4-7,14,16,18,24-25,29H,9-13,15,17,35-36H2,1-3H3,(H2,37,44)(H,38,46)(H,39,47)(H,40,43)(H,41,45)/t18-,24-,25-,29-/m0/s1. The number of rotatable bonds is 13. The molecule has 17 heteroatoms. The molecule has 10 N–H and O–H groups in total. The topological polar surface area (TPSA) is 274 Å². The first-order chi connectivity index (χ1) is 23.8. The molecule has 0 fully saturated rings. The second-order valence-corrected chi connectivity index (χ2v) is 11.5. The number of carbonyl (C=O) groups is 6. The van der Waals surface area contributed by atoms with Gasteiger partial charge in [-0.15, -0.1) is 0 Å². The van der Waals surface area contributed by atoms with Crippen molar-refractivity contribution in [3.63, 3.8) is 0 Å². The van der Waals surface area contributed by atoms with Crippen molar-refractivity contribution < 1.29 is 38.2 Å². The number of nitrogens with one attached hydrogen (secondary N) is 4. The van der Waals surface area contributed by atoms with Crippen LogP contribution in [-0.2, 0) is 35.2 Å². The van der Waals surface area contributed by atoms with Crippen molar-refractivity contribution in [2.45, 2.75) is 50.9 Å². The highest BCUT2D eigenvalue weighted by Gasteiger charge is 2.36. The molecular formula is C33H43N9O8. The highest BCUT2D eigenvalue weighted by atomic mass is 16.5. The minimum Gasteiger partial charge on any atom is -0.492 e. The van der Waals surface area contributed by atoms with Crippen LogP contribution in [0.25, 0.3) is 11.1 Å². The zero-order valence-corrected chi connectivity index (χ0v) is 28.1. The summed E-state index contributed by atoms with van der Waals surface area (Å²) in [5.74, 6) is -3.72. The van der Waals surface area contributed by atoms with E-state index in [0.717, 1.165) is 11.8 Å². The van der Waals surface area contributed by atoms with Crippen LogP contribution in [0, 0.1) is 11.3 Å². The van der Waals surface area contributed by atoms with Crippen molar-refractivity contribution in [3.05, 3.63) is 47.5 Å². The van der Waals surface area contributed by atoms with Crippen LogP contribution in [0.3, 0.4) is 0 Å². The van der Waals surface area contributed by atoms with Gasteiger partial charge in [0.25, 0.3) is 0 Å². The molecule has 17 nitrogen and oxygen atoms in total. The van der Waals surface area contributed by atoms with Crippen LogP contribution in [0.4, 0.5) is 0 Å². The first-order valence-corrected chi connectivity index (χ1v) is 15.8. The molecule has 6 amide bonds. The number of ether oxygens (including phenoxy) is 2. The van der Waals surface area contributed by atoms with Gasteiger partial charge in [-0.3, -0.25) is 28.8 Å². The number of primary amides is 1. The SMILES string of the molecule is CC(=O)N[C@@H](CC(N)=O)C(=O)N(C)[C@@H]1C(=O)N[C@@H](C)C(=O)N[C@H](C(=O)NCC#N)Cc2ccc(OCCN)c(c2)-c2cc1ccc2OCCN. The van der Waals surface area contributed by atoms with E-state index in [2.05, 4.69) is 21.3 Å². The van der Waals surface area contributed by atoms with Crippen LogP contribution in [0.1, 0.15) is 37.4 Å². The van der Waals surface area contributed by atoms with Gasteiger partial charge in [-0.1, -0.05) is 12.1 Å². The molecule has 0 spiro atoms. The second kappa shape index (κ2) is 18.1. The molecule has 0 saturated carbocycles. The maximum absolute atomic E-state index is 14.1. The lowest BCUT2D eigenvalue weighted by Gasteiger charge is -2.32. The number of amides is 6. The van der Waals surface area contributed by atoms with Gasteiger partial charge >= 0.3 is 0 Å². The third kappa shape index (κ3) is 10.1. The van der Waals surface area contributed by atoms with E-state index in [1.54, 1.807) is 36.4 Å². The second-order valence-electron chi connectivity index (χ2n) is 11.5. The number of likely N-dealkylation sites (N-methyl/N-ethyl adjacent to an activating group) is 1. The molecule has 0 saturated heterocycles. The quantitative estimate of drug-likeness (QED) is 0.114. The van der Waals surface area contributed by atoms with Gasteiger partial charge in [-0.05, 0) is 42.3 Å². The maximum atomic E-state index is 14.1. The number of nitrogens with two attached hydrogens (primary N) is 3. The van der Waals surface area contributed by atoms with E-state index >= 15 is 0 Å². The number of carbonyl (C=O) groups excluding carboxylic acids is 6. The van der Waals surface area contributed by atoms with Gasteiger partial charge in [0.1, 0.15) is 55.4 Å². The van der Waals surface area contributed by atoms with E-state index in [1.165, 1.54) is 14.0 Å². The van der Waals surface area contributed by atoms with Crippen molar-refractivity contribution in [1.29, 1.82) is 5.26 Å². The Morgan fingerprint density at radius 3 is 2.20 bits per heavy atom. The zero-order valence-electron chi connectivity index (χ0n) is 28.1. The van der Waals surface area contributed by atoms with Gasteiger partial charge in [-0.25, -0.2) is 0 Å². The molecule has 0 aliphatic carbocycles. The largest absolute Gasteiger partial charge is 0.492 e. The predicted molar refractivity (Wildman–Crippen MR) is 180 cm³/mol. The summed E-state index contributed by atoms with van der Waals surface area (Å²) >= 11 is 0. The molecule has 3 rings (SSSR count). The lowest BCUT2D eigenvalue weighted by Crippen LogP contribution is -2.56. The van der Waals surface area contributed by atoms with E-state index < -0.39 is 66.0 Å². The summed E-state index contributed by atoms with van der Waals surface area (Å²) in [6.07, 6.45) is -0.548. The van der Waals surface area contributed by atoms with Crippen molar-refractivity contribution in [2.24, 2.45) is 17.2 Å². The molecule has 268 valence electrons. The van der Waals surface area contributed by atoms with Crippen LogP contribution in [0.15, 0.2) is 36.4 Å². The summed E-state index contributed by atoms with van der Waals surface area (Å²) in [7, 11) is 1.31. The Labute approximate surface area is 289 Å². The zero-order chi connectivity index (χ0) is 37.0. The molecule has 1 aliphatic heterocycles. The van der Waals surface area contributed by atoms with E-state index in [9.17, 15) is 28.8 Å². The van der Waals surface area contributed by atoms with Crippen molar-refractivity contribution in [2.75, 3.05) is 39.9 Å². The molecular weight excluding hydrogens is 650 g/mol. The normalized spacial score (nSPS) is 17.8. The Morgan fingerprint density at radius 1 is 1.00 bits per heavy atom. The average Bonchev–Trinajstić information content (AvgIpc) is 3.07. The Balaban J connectivity index is 2.32. The van der Waals surface area contributed by atoms with Crippen LogP contribution >= 0.6 is 0 Å². The van der Waals surface area contributed by atoms with Crippen molar-refractivity contribution in [1.82, 2.24) is 26.2 Å². The molecule has 0 radical (unpaired) electrons. The predicted octanol–water partition coefficient (Wildman–Crippen LogP) is -1.91. The fourth-order valence-corrected chi connectivity index (χ4v) is 5.35. The lowest BCUT2D eigenvalue weighted by atomic mass is 9.93. The molecule has 1 aliphatic rings. The summed E-state index contributed by atoms with van der Waals surface area (Å²) in [5.41, 5.74) is 18.6. The van der Waals surface area contributed by atoms with Crippen LogP contribution < -0.4 is 47.9 Å². The summed E-state index contributed by atoms with van der Waals surface area (Å²) in [5, 5.41) is 19.1. The van der Waals surface area contributed by atoms with Gasteiger partial charge < -0.3 is 52.8 Å². The Bertz CT molecular complexity index is 1630. The fraction of sp³-hybridized carbons (Fsp3) is 0.424. The monoisotopic (exact) mass is 693 g/mol. The molecule has 50 heavy (non-hydrogen) atoms. The highest BCUT2D eigenvalue weighted by Crippen LogP contribution is 2.40. The summed E-state index contributed by atoms with van der Waals surface area (Å²) in [6.45, 7) is 2.90. The van der Waals surface area contributed by atoms with E-state index in [-0.39, 0.29) is 44.8 Å². The van der Waals surface area contributed by atoms with Crippen LogP contribution in [0.5, 0.6) is 11.5 Å². The summed E-state index contributed by atoms with van der Waals surface area (Å²) in [6, 6.07) is 6.50. The molecule has 2 aromatic carbocycles. The van der Waals surface area contributed by atoms with Gasteiger partial charge in [0.05, 0.1) is 12.5 Å². The molecule has 4 bridgehead atoms. The van der Waals surface area contributed by atoms with E-state index in [4.69, 9.17) is 31.9 Å². The summed E-state index contributed by atoms with van der Waals surface area (Å²) < 4.78 is 12.0. The van der Waals surface area contributed by atoms with Gasteiger partial charge in [0.15, 0.2) is 0 Å². The molecule has 0 aromatic heterocycles. The molecule has 2 aromatic rings. The van der Waals surface area contributed by atoms with E-state index in [0.29, 0.717) is 28.2 Å². The number of hydrogen-bond acceptors (Lipinski definition) is 11. The minimum atomic E-state index is -1.43. The number of benzene rings is 2. The molecule has 1 heterocycles. The van der Waals surface area contributed by atoms with E-state index in [1.807, 2.05) is 6.07 Å². The lowest BCUT2D eigenvalue weighted by molar-refractivity contribution is -0.143. The smallest absolute Gasteiger partial charge is 0.248 e. The van der Waals surface area contributed by atoms with Gasteiger partial charge in [0.2, 0.25) is 35.4 Å². The average molecular weight is 694 g/mol.